The molecule has 0 aromatic rings. The van der Waals surface area contributed by atoms with Crippen molar-refractivity contribution in [2.24, 2.45) is 11.7 Å². The molecule has 1 fully saturated rings. The van der Waals surface area contributed by atoms with Crippen molar-refractivity contribution in [3.05, 3.63) is 36.1 Å². The zero-order chi connectivity index (χ0) is 18.8. The van der Waals surface area contributed by atoms with Gasteiger partial charge in [-0.3, -0.25) is 4.79 Å². The second-order valence-electron chi connectivity index (χ2n) is 7.33. The lowest BCUT2D eigenvalue weighted by Gasteiger charge is -2.29. The third-order valence-corrected chi connectivity index (χ3v) is 5.97. The molecule has 0 bridgehead atoms. The molecule has 140 valence electrons. The summed E-state index contributed by atoms with van der Waals surface area (Å²) >= 11 is 0. The lowest BCUT2D eigenvalue weighted by Crippen LogP contribution is -2.42. The van der Waals surface area contributed by atoms with Crippen LogP contribution in [0.1, 0.15) is 6.42 Å². The summed E-state index contributed by atoms with van der Waals surface area (Å²) in [7, 11) is 0. The molecule has 25 heavy (non-hydrogen) atoms. The van der Waals surface area contributed by atoms with Crippen LogP contribution in [0, 0.1) is 5.92 Å². The maximum Gasteiger partial charge on any atom is 0.255 e. The van der Waals surface area contributed by atoms with Crippen molar-refractivity contribution < 1.29 is 19.7 Å². The van der Waals surface area contributed by atoms with E-state index in [-0.39, 0.29) is 5.91 Å². The van der Waals surface area contributed by atoms with Crippen molar-refractivity contribution in [1.82, 2.24) is 5.32 Å². The molecule has 0 radical (unpaired) electrons. The molecule has 0 aliphatic carbocycles. The van der Waals surface area contributed by atoms with Crippen LogP contribution in [0.4, 0.5) is 0 Å². The summed E-state index contributed by atoms with van der Waals surface area (Å²) < 4.78 is 5.96. The normalized spacial score (nSPS) is 33.6. The molecule has 2 aliphatic heterocycles. The van der Waals surface area contributed by atoms with Gasteiger partial charge in [0.05, 0.1) is 12.2 Å². The summed E-state index contributed by atoms with van der Waals surface area (Å²) in [6.45, 7) is 7.21. The summed E-state index contributed by atoms with van der Waals surface area (Å²) in [5.74, 6) is -0.675. The molecule has 0 spiro atoms. The average molecular weight is 368 g/mol. The van der Waals surface area contributed by atoms with Crippen LogP contribution in [-0.2, 0) is 9.53 Å². The minimum atomic E-state index is -1.24. The Labute approximate surface area is 149 Å². The number of aliphatic hydroxyl groups excluding tert-OH is 2. The number of nitrogens with two attached hydrogens (primary N) is 1. The molecular weight excluding hydrogens is 339 g/mol. The monoisotopic (exact) mass is 368 g/mol. The fraction of sp³-hybridized carbons (Fsp3) is 0.556. The molecule has 5 atom stereocenters. The second-order valence-corrected chi connectivity index (χ2v) is 11.7. The van der Waals surface area contributed by atoms with E-state index >= 15 is 0 Å². The Morgan fingerprint density at radius 1 is 1.40 bits per heavy atom. The predicted octanol–water partition coefficient (Wildman–Crippen LogP) is 0.276. The van der Waals surface area contributed by atoms with Gasteiger partial charge in [-0.05, 0) is 25.9 Å². The largest absolute Gasteiger partial charge is 0.388 e. The number of hydrogen-bond acceptors (Lipinski definition) is 5. The highest BCUT2D eigenvalue weighted by Gasteiger charge is 2.47. The van der Waals surface area contributed by atoms with E-state index in [1.807, 2.05) is 0 Å². The smallest absolute Gasteiger partial charge is 0.255 e. The van der Waals surface area contributed by atoms with Gasteiger partial charge in [-0.15, -0.1) is 13.2 Å². The minimum absolute atomic E-state index is 0.265. The fourth-order valence-corrected chi connectivity index (χ4v) is 4.03. The topological polar surface area (TPSA) is 105 Å². The maximum atomic E-state index is 12.0. The van der Waals surface area contributed by atoms with Crippen LogP contribution in [0.3, 0.4) is 0 Å². The third-order valence-electron chi connectivity index (χ3n) is 4.50. The first-order valence-corrected chi connectivity index (χ1v) is 11.5. The molecule has 6 nitrogen and oxygen atoms in total. The van der Waals surface area contributed by atoms with Crippen LogP contribution in [0.5, 0.6) is 0 Å². The van der Waals surface area contributed by atoms with E-state index in [1.165, 1.54) is 0 Å². The molecule has 1 amide bonds. The first kappa shape index (κ1) is 20.1. The summed E-state index contributed by atoms with van der Waals surface area (Å²) in [6, 6.07) is 0. The number of nitrogens with one attached hydrogen (secondary N) is 1. The molecular formula is C18H29N2O4P. The molecule has 0 saturated carbocycles. The van der Waals surface area contributed by atoms with Gasteiger partial charge in [-0.1, -0.05) is 24.8 Å². The Hall–Kier alpha value is -1.17. The number of carbonyl (C=O) groups is 1. The highest BCUT2D eigenvalue weighted by atomic mass is 31.2. The van der Waals surface area contributed by atoms with Gasteiger partial charge in [-0.25, -0.2) is 0 Å². The van der Waals surface area contributed by atoms with Crippen molar-refractivity contribution in [3.63, 3.8) is 0 Å². The van der Waals surface area contributed by atoms with Crippen LogP contribution in [0.2, 0.25) is 0 Å². The van der Waals surface area contributed by atoms with E-state index in [1.54, 1.807) is 18.2 Å². The first-order valence-electron chi connectivity index (χ1n) is 8.41. The molecule has 5 N–H and O–H groups in total. The van der Waals surface area contributed by atoms with E-state index in [0.29, 0.717) is 24.2 Å². The van der Waals surface area contributed by atoms with Crippen LogP contribution in [0.25, 0.3) is 0 Å². The van der Waals surface area contributed by atoms with E-state index in [9.17, 15) is 15.0 Å². The Morgan fingerprint density at radius 3 is 2.68 bits per heavy atom. The number of aliphatic hydroxyl groups is 2. The van der Waals surface area contributed by atoms with Gasteiger partial charge in [-0.2, -0.15) is 0 Å². The number of carbonyl (C=O) groups excluding carboxylic acids is 1. The van der Waals surface area contributed by atoms with Gasteiger partial charge in [0, 0.05) is 23.7 Å². The molecule has 0 aromatic carbocycles. The highest BCUT2D eigenvalue weighted by molar-refractivity contribution is 7.72. The summed E-state index contributed by atoms with van der Waals surface area (Å²) in [5, 5.41) is 23.5. The number of hydrogen-bond donors (Lipinski definition) is 4. The molecule has 0 aromatic heterocycles. The Balaban J connectivity index is 2.17. The molecule has 2 heterocycles. The predicted molar refractivity (Wildman–Crippen MR) is 103 cm³/mol. The number of ether oxygens (including phenoxy) is 1. The SMILES string of the molecule is C=C1NC(=O)C(/C=C/CN)=CC1[C@@H]1O[C@H](CCP(=C)(C)C)[C@@H](O)[C@H]1O. The van der Waals surface area contributed by atoms with Gasteiger partial charge >= 0.3 is 0 Å². The van der Waals surface area contributed by atoms with Gasteiger partial charge in [0.2, 0.25) is 0 Å². The van der Waals surface area contributed by atoms with Crippen LogP contribution in [-0.4, -0.2) is 72.9 Å². The third kappa shape index (κ3) is 4.93. The molecule has 2 aliphatic rings. The maximum absolute atomic E-state index is 12.0. The zero-order valence-corrected chi connectivity index (χ0v) is 15.8. The van der Waals surface area contributed by atoms with Gasteiger partial charge in [0.15, 0.2) is 0 Å². The number of rotatable bonds is 6. The minimum Gasteiger partial charge on any atom is -0.388 e. The van der Waals surface area contributed by atoms with Crippen molar-refractivity contribution >= 4 is 19.1 Å². The average Bonchev–Trinajstić information content (AvgIpc) is 2.80. The Kier molecular flexibility index (Phi) is 6.46. The molecule has 1 unspecified atom stereocenters. The summed E-state index contributed by atoms with van der Waals surface area (Å²) in [5.41, 5.74) is 6.34. The van der Waals surface area contributed by atoms with Crippen molar-refractivity contribution in [1.29, 1.82) is 0 Å². The van der Waals surface area contributed by atoms with E-state index < -0.39 is 37.2 Å². The van der Waals surface area contributed by atoms with E-state index in [0.717, 1.165) is 6.16 Å². The van der Waals surface area contributed by atoms with Gasteiger partial charge < -0.3 is 26.0 Å². The van der Waals surface area contributed by atoms with Crippen molar-refractivity contribution in [3.8, 4) is 0 Å². The van der Waals surface area contributed by atoms with E-state index in [2.05, 4.69) is 31.5 Å². The van der Waals surface area contributed by atoms with Crippen molar-refractivity contribution in [2.45, 2.75) is 30.8 Å². The number of amides is 1. The van der Waals surface area contributed by atoms with E-state index in [4.69, 9.17) is 10.5 Å². The van der Waals surface area contributed by atoms with Gasteiger partial charge in [0.1, 0.15) is 12.2 Å². The first-order chi connectivity index (χ1) is 11.6. The van der Waals surface area contributed by atoms with Crippen LogP contribution < -0.4 is 11.1 Å². The second kappa shape index (κ2) is 8.02. The Bertz CT molecular complexity index is 637. The molecule has 7 heteroatoms. The fourth-order valence-electron chi connectivity index (χ4n) is 3.08. The highest BCUT2D eigenvalue weighted by Crippen LogP contribution is 2.39. The molecule has 2 rings (SSSR count). The van der Waals surface area contributed by atoms with Crippen molar-refractivity contribution in [2.75, 3.05) is 26.0 Å². The molecule has 1 saturated heterocycles. The lowest BCUT2D eigenvalue weighted by molar-refractivity contribution is -0.117. The van der Waals surface area contributed by atoms with Crippen LogP contribution >= 0.6 is 6.89 Å². The summed E-state index contributed by atoms with van der Waals surface area (Å²) in [6.07, 6.45) is 7.63. The standard InChI is InChI=1S/C18H29N2O4P/c1-11-13(10-12(6-5-8-19)18(23)20-11)17-16(22)15(21)14(24-17)7-9-25(2,3)4/h5-6,10,13-17,21-22H,1-2,7-9,19H2,3-4H3,(H,20,23)/b6-5+/t13?,14-,15-,16-,17+/m1/s1. The van der Waals surface area contributed by atoms with Gasteiger partial charge in [0.25, 0.3) is 5.91 Å². The summed E-state index contributed by atoms with van der Waals surface area (Å²) in [4.78, 5) is 12.0. The lowest BCUT2D eigenvalue weighted by atomic mass is 9.88. The quantitative estimate of drug-likeness (QED) is 0.504. The zero-order valence-electron chi connectivity index (χ0n) is 14.9. The Morgan fingerprint density at radius 2 is 2.08 bits per heavy atom. The van der Waals surface area contributed by atoms with Crippen LogP contribution in [0.15, 0.2) is 36.1 Å².